The number of fused-ring (bicyclic) bond motifs is 1. The molecule has 1 atom stereocenters. The molecular weight excluding hydrogens is 246 g/mol. The van der Waals surface area contributed by atoms with Crippen LogP contribution in [0.5, 0.6) is 0 Å². The van der Waals surface area contributed by atoms with Crippen molar-refractivity contribution in [3.05, 3.63) is 42.1 Å². The monoisotopic (exact) mass is 271 g/mol. The van der Waals surface area contributed by atoms with Crippen LogP contribution in [0.2, 0.25) is 0 Å². The molecule has 1 aromatic heterocycles. The van der Waals surface area contributed by atoms with Crippen molar-refractivity contribution in [2.75, 3.05) is 0 Å². The fourth-order valence-corrected chi connectivity index (χ4v) is 2.58. The van der Waals surface area contributed by atoms with Gasteiger partial charge in [-0.05, 0) is 24.1 Å². The van der Waals surface area contributed by atoms with E-state index in [1.807, 2.05) is 30.3 Å². The Balaban J connectivity index is 1.83. The van der Waals surface area contributed by atoms with Crippen LogP contribution in [0.3, 0.4) is 0 Å². The van der Waals surface area contributed by atoms with Crippen molar-refractivity contribution in [2.24, 2.45) is 0 Å². The first kappa shape index (κ1) is 15.0. The Morgan fingerprint density at radius 3 is 2.70 bits per heavy atom. The molecular formula is C18H25NO. The van der Waals surface area contributed by atoms with Crippen LogP contribution in [-0.2, 0) is 0 Å². The van der Waals surface area contributed by atoms with Gasteiger partial charge >= 0.3 is 0 Å². The molecule has 1 N–H and O–H groups in total. The third-order valence-electron chi connectivity index (χ3n) is 3.85. The van der Waals surface area contributed by atoms with Crippen molar-refractivity contribution in [3.8, 4) is 0 Å². The first-order valence-electron chi connectivity index (χ1n) is 7.84. The number of benzene rings is 1. The van der Waals surface area contributed by atoms with E-state index >= 15 is 0 Å². The Kier molecular flexibility index (Phi) is 6.00. The van der Waals surface area contributed by atoms with Gasteiger partial charge in [0.1, 0.15) is 0 Å². The lowest BCUT2D eigenvalue weighted by Gasteiger charge is -2.11. The molecule has 108 valence electrons. The Morgan fingerprint density at radius 1 is 1.05 bits per heavy atom. The number of hydrogen-bond acceptors (Lipinski definition) is 2. The normalized spacial score (nSPS) is 12.7. The van der Waals surface area contributed by atoms with Crippen molar-refractivity contribution < 1.29 is 5.11 Å². The van der Waals surface area contributed by atoms with Gasteiger partial charge in [-0.1, -0.05) is 63.6 Å². The van der Waals surface area contributed by atoms with Crippen molar-refractivity contribution in [1.29, 1.82) is 0 Å². The van der Waals surface area contributed by atoms with Gasteiger partial charge in [-0.2, -0.15) is 0 Å². The lowest BCUT2D eigenvalue weighted by Crippen LogP contribution is -1.97. The second-order valence-corrected chi connectivity index (χ2v) is 5.53. The summed E-state index contributed by atoms with van der Waals surface area (Å²) < 4.78 is 0. The molecule has 2 heteroatoms. The summed E-state index contributed by atoms with van der Waals surface area (Å²) >= 11 is 0. The second kappa shape index (κ2) is 8.01. The van der Waals surface area contributed by atoms with Gasteiger partial charge in [0.2, 0.25) is 0 Å². The molecule has 0 spiro atoms. The molecule has 0 amide bonds. The first-order valence-corrected chi connectivity index (χ1v) is 7.84. The standard InChI is InChI=1S/C18H25NO/c1-2-3-4-5-6-7-10-18(20)16-12-11-15-9-8-13-19-17(15)14-16/h8-9,11-14,18,20H,2-7,10H2,1H3/t18-/m0/s1. The van der Waals surface area contributed by atoms with Crippen LogP contribution in [0, 0.1) is 0 Å². The molecule has 0 bridgehead atoms. The van der Waals surface area contributed by atoms with Crippen molar-refractivity contribution in [3.63, 3.8) is 0 Å². The van der Waals surface area contributed by atoms with Crippen LogP contribution < -0.4 is 0 Å². The van der Waals surface area contributed by atoms with Gasteiger partial charge in [0.05, 0.1) is 11.6 Å². The van der Waals surface area contributed by atoms with Gasteiger partial charge in [-0.15, -0.1) is 0 Å². The molecule has 0 aliphatic rings. The van der Waals surface area contributed by atoms with Crippen LogP contribution in [-0.4, -0.2) is 10.1 Å². The number of aliphatic hydroxyl groups is 1. The van der Waals surface area contributed by atoms with Gasteiger partial charge in [-0.3, -0.25) is 4.98 Å². The lowest BCUT2D eigenvalue weighted by atomic mass is 10.0. The number of rotatable bonds is 8. The van der Waals surface area contributed by atoms with Gasteiger partial charge in [0.15, 0.2) is 0 Å². The van der Waals surface area contributed by atoms with E-state index in [1.54, 1.807) is 6.20 Å². The molecule has 0 saturated carbocycles. The van der Waals surface area contributed by atoms with E-state index in [-0.39, 0.29) is 6.10 Å². The molecule has 0 radical (unpaired) electrons. The molecule has 2 rings (SSSR count). The minimum atomic E-state index is -0.354. The summed E-state index contributed by atoms with van der Waals surface area (Å²) in [6.45, 7) is 2.23. The molecule has 0 unspecified atom stereocenters. The van der Waals surface area contributed by atoms with Crippen LogP contribution in [0.15, 0.2) is 36.5 Å². The minimum absolute atomic E-state index is 0.354. The fraction of sp³-hybridized carbons (Fsp3) is 0.500. The summed E-state index contributed by atoms with van der Waals surface area (Å²) in [6.07, 6.45) is 9.86. The second-order valence-electron chi connectivity index (χ2n) is 5.53. The van der Waals surface area contributed by atoms with E-state index in [0.29, 0.717) is 0 Å². The number of hydrogen-bond donors (Lipinski definition) is 1. The maximum Gasteiger partial charge on any atom is 0.0790 e. The largest absolute Gasteiger partial charge is 0.388 e. The van der Waals surface area contributed by atoms with E-state index in [9.17, 15) is 5.11 Å². The zero-order valence-corrected chi connectivity index (χ0v) is 12.4. The summed E-state index contributed by atoms with van der Waals surface area (Å²) in [4.78, 5) is 4.34. The smallest absolute Gasteiger partial charge is 0.0790 e. The van der Waals surface area contributed by atoms with E-state index in [2.05, 4.69) is 11.9 Å². The predicted molar refractivity (Wildman–Crippen MR) is 84.7 cm³/mol. The van der Waals surface area contributed by atoms with E-state index in [4.69, 9.17) is 0 Å². The molecule has 0 saturated heterocycles. The van der Waals surface area contributed by atoms with Crippen molar-refractivity contribution >= 4 is 10.9 Å². The number of pyridine rings is 1. The van der Waals surface area contributed by atoms with Gasteiger partial charge in [0, 0.05) is 11.6 Å². The molecule has 20 heavy (non-hydrogen) atoms. The molecule has 0 aliphatic heterocycles. The highest BCUT2D eigenvalue weighted by Crippen LogP contribution is 2.23. The van der Waals surface area contributed by atoms with Gasteiger partial charge in [0.25, 0.3) is 0 Å². The van der Waals surface area contributed by atoms with Crippen LogP contribution in [0.4, 0.5) is 0 Å². The summed E-state index contributed by atoms with van der Waals surface area (Å²) in [5.74, 6) is 0. The maximum atomic E-state index is 10.3. The third-order valence-corrected chi connectivity index (χ3v) is 3.85. The summed E-state index contributed by atoms with van der Waals surface area (Å²) in [7, 11) is 0. The van der Waals surface area contributed by atoms with E-state index in [0.717, 1.165) is 29.3 Å². The zero-order chi connectivity index (χ0) is 14.2. The predicted octanol–water partition coefficient (Wildman–Crippen LogP) is 5.02. The highest BCUT2D eigenvalue weighted by molar-refractivity contribution is 5.78. The molecule has 2 aromatic rings. The van der Waals surface area contributed by atoms with Crippen LogP contribution in [0.1, 0.15) is 63.5 Å². The van der Waals surface area contributed by atoms with Crippen molar-refractivity contribution in [2.45, 2.75) is 58.0 Å². The van der Waals surface area contributed by atoms with Gasteiger partial charge in [-0.25, -0.2) is 0 Å². The molecule has 1 aromatic carbocycles. The molecule has 1 heterocycles. The minimum Gasteiger partial charge on any atom is -0.388 e. The lowest BCUT2D eigenvalue weighted by molar-refractivity contribution is 0.163. The number of unbranched alkanes of at least 4 members (excludes halogenated alkanes) is 5. The van der Waals surface area contributed by atoms with E-state index in [1.165, 1.54) is 32.1 Å². The van der Waals surface area contributed by atoms with E-state index < -0.39 is 0 Å². The zero-order valence-electron chi connectivity index (χ0n) is 12.4. The number of aliphatic hydroxyl groups excluding tert-OH is 1. The topological polar surface area (TPSA) is 33.1 Å². The molecule has 0 fully saturated rings. The summed E-state index contributed by atoms with van der Waals surface area (Å²) in [5, 5.41) is 11.4. The molecule has 2 nitrogen and oxygen atoms in total. The summed E-state index contributed by atoms with van der Waals surface area (Å²) in [6, 6.07) is 10.1. The first-order chi connectivity index (χ1) is 9.81. The SMILES string of the molecule is CCCCCCCC[C@H](O)c1ccc2cccnc2c1. The highest BCUT2D eigenvalue weighted by atomic mass is 16.3. The number of nitrogens with zero attached hydrogens (tertiary/aromatic N) is 1. The Hall–Kier alpha value is -1.41. The molecule has 0 aliphatic carbocycles. The highest BCUT2D eigenvalue weighted by Gasteiger charge is 2.08. The fourth-order valence-electron chi connectivity index (χ4n) is 2.58. The maximum absolute atomic E-state index is 10.3. The number of aromatic nitrogens is 1. The van der Waals surface area contributed by atoms with Gasteiger partial charge < -0.3 is 5.11 Å². The third kappa shape index (κ3) is 4.31. The Labute approximate surface area is 121 Å². The van der Waals surface area contributed by atoms with Crippen molar-refractivity contribution in [1.82, 2.24) is 4.98 Å². The van der Waals surface area contributed by atoms with Crippen LogP contribution in [0.25, 0.3) is 10.9 Å². The Bertz CT molecular complexity index is 524. The summed E-state index contributed by atoms with van der Waals surface area (Å²) in [5.41, 5.74) is 1.96. The average Bonchev–Trinajstić information content (AvgIpc) is 2.50. The average molecular weight is 271 g/mol. The van der Waals surface area contributed by atoms with Crippen LogP contribution >= 0.6 is 0 Å². The quantitative estimate of drug-likeness (QED) is 0.684. The Morgan fingerprint density at radius 2 is 1.85 bits per heavy atom.